The average Bonchev–Trinajstić information content (AvgIpc) is 3.55. The first-order valence-corrected chi connectivity index (χ1v) is 16.8. The molecule has 4 amide bonds. The molecule has 2 fully saturated rings. The SMILES string of the molecule is COC(=O)[C@@H]1CCCN(C(=O)[C@@H]2Cc3nc(Br)sc3/C=C/[C@@H]3[C@H](CCN3C(=O)OC(C)(C)C)C(=O)N(C)[C@@H](C(C)C)C(=O)N2)N1. The Hall–Kier alpha value is -3.04. The van der Waals surface area contributed by atoms with Crippen molar-refractivity contribution in [1.29, 1.82) is 0 Å². The maximum absolute atomic E-state index is 14.1. The number of nitrogens with one attached hydrogen (secondary N) is 2. The molecule has 1 aromatic rings. The smallest absolute Gasteiger partial charge is 0.410 e. The van der Waals surface area contributed by atoms with Crippen LogP contribution in [0.3, 0.4) is 0 Å². The van der Waals surface area contributed by atoms with Crippen LogP contribution in [0.2, 0.25) is 0 Å². The third-order valence-electron chi connectivity index (χ3n) is 8.16. The van der Waals surface area contributed by atoms with Crippen molar-refractivity contribution in [3.05, 3.63) is 20.6 Å². The Morgan fingerprint density at radius 2 is 1.84 bits per heavy atom. The number of hydrogen-bond acceptors (Lipinski definition) is 10. The van der Waals surface area contributed by atoms with E-state index in [1.807, 2.05) is 26.0 Å². The molecule has 5 atom stereocenters. The summed E-state index contributed by atoms with van der Waals surface area (Å²) in [5, 5.41) is 4.27. The van der Waals surface area contributed by atoms with Gasteiger partial charge in [-0.2, -0.15) is 0 Å². The fraction of sp³-hybridized carbons (Fsp3) is 0.667. The van der Waals surface area contributed by atoms with Gasteiger partial charge in [0.05, 0.1) is 29.6 Å². The van der Waals surface area contributed by atoms with Crippen molar-refractivity contribution in [2.75, 3.05) is 27.2 Å². The van der Waals surface area contributed by atoms with Crippen LogP contribution in [0.1, 0.15) is 64.5 Å². The van der Waals surface area contributed by atoms with Crippen LogP contribution < -0.4 is 10.7 Å². The standard InChI is InChI=1S/C30H43BrN6O7S/c1-16(2)23-24(38)32-20(26(40)37-13-8-9-18(34-37)27(41)43-7)15-19-22(45-28(31)33-19)11-10-21-17(25(39)35(23)6)12-14-36(21)29(42)44-30(3,4)5/h10-11,16-18,20-21,23,34H,8-9,12-15H2,1-7H3,(H,32,38)/b11-10+/t17-,18-,20-,21+,23-/m0/s1. The number of carbonyl (C=O) groups excluding carboxylic acids is 5. The number of rotatable bonds is 3. The number of amides is 4. The lowest BCUT2D eigenvalue weighted by molar-refractivity contribution is -0.151. The number of fused-ring (bicyclic) bond motifs is 2. The number of halogens is 1. The van der Waals surface area contributed by atoms with Crippen LogP contribution in [0.25, 0.3) is 6.08 Å². The number of esters is 1. The van der Waals surface area contributed by atoms with Crippen LogP contribution in [0.4, 0.5) is 4.79 Å². The van der Waals surface area contributed by atoms with Gasteiger partial charge in [0.1, 0.15) is 23.7 Å². The van der Waals surface area contributed by atoms with E-state index < -0.39 is 59.6 Å². The summed E-state index contributed by atoms with van der Waals surface area (Å²) in [4.78, 5) is 75.8. The first kappa shape index (κ1) is 34.8. The maximum Gasteiger partial charge on any atom is 0.410 e. The molecule has 3 aliphatic heterocycles. The molecule has 248 valence electrons. The van der Waals surface area contributed by atoms with Crippen molar-refractivity contribution in [3.8, 4) is 0 Å². The summed E-state index contributed by atoms with van der Waals surface area (Å²) in [5.74, 6) is -2.58. The summed E-state index contributed by atoms with van der Waals surface area (Å²) >= 11 is 4.79. The number of likely N-dealkylation sites (tertiary alicyclic amines) is 1. The van der Waals surface area contributed by atoms with Gasteiger partial charge < -0.3 is 24.6 Å². The van der Waals surface area contributed by atoms with Gasteiger partial charge in [-0.05, 0) is 68.0 Å². The van der Waals surface area contributed by atoms with Crippen molar-refractivity contribution < 1.29 is 33.4 Å². The van der Waals surface area contributed by atoms with E-state index in [9.17, 15) is 24.0 Å². The Labute approximate surface area is 276 Å². The Kier molecular flexibility index (Phi) is 11.0. The molecule has 2 N–H and O–H groups in total. The van der Waals surface area contributed by atoms with E-state index in [-0.39, 0.29) is 18.2 Å². The lowest BCUT2D eigenvalue weighted by atomic mass is 9.95. The zero-order valence-corrected chi connectivity index (χ0v) is 29.2. The van der Waals surface area contributed by atoms with E-state index in [1.165, 1.54) is 28.4 Å². The lowest BCUT2D eigenvalue weighted by Crippen LogP contribution is -2.62. The molecule has 0 saturated carbocycles. The normalized spacial score (nSPS) is 27.0. The molecule has 0 aromatic carbocycles. The van der Waals surface area contributed by atoms with E-state index in [0.717, 1.165) is 0 Å². The van der Waals surface area contributed by atoms with E-state index in [2.05, 4.69) is 31.7 Å². The maximum atomic E-state index is 14.1. The first-order chi connectivity index (χ1) is 21.1. The molecule has 0 aliphatic carbocycles. The predicted molar refractivity (Wildman–Crippen MR) is 171 cm³/mol. The molecule has 3 aliphatic rings. The molecule has 45 heavy (non-hydrogen) atoms. The highest BCUT2D eigenvalue weighted by molar-refractivity contribution is 9.11. The number of methoxy groups -OCH3 is 1. The van der Waals surface area contributed by atoms with Crippen LogP contribution in [-0.4, -0.2) is 107 Å². The Bertz CT molecular complexity index is 1340. The highest BCUT2D eigenvalue weighted by Crippen LogP contribution is 2.33. The van der Waals surface area contributed by atoms with Gasteiger partial charge in [-0.1, -0.05) is 19.9 Å². The number of hydrogen-bond donors (Lipinski definition) is 2. The van der Waals surface area contributed by atoms with Crippen LogP contribution in [-0.2, 0) is 35.1 Å². The Balaban J connectivity index is 1.75. The third-order valence-corrected chi connectivity index (χ3v) is 9.67. The quantitative estimate of drug-likeness (QED) is 0.452. The second kappa shape index (κ2) is 14.2. The molecular formula is C30H43BrN6O7S. The van der Waals surface area contributed by atoms with E-state index in [0.29, 0.717) is 46.8 Å². The van der Waals surface area contributed by atoms with Gasteiger partial charge in [0.2, 0.25) is 11.8 Å². The van der Waals surface area contributed by atoms with Crippen molar-refractivity contribution in [3.63, 3.8) is 0 Å². The predicted octanol–water partition coefficient (Wildman–Crippen LogP) is 2.74. The average molecular weight is 712 g/mol. The van der Waals surface area contributed by atoms with Gasteiger partial charge in [0, 0.05) is 26.6 Å². The van der Waals surface area contributed by atoms with Crippen LogP contribution in [0, 0.1) is 11.8 Å². The number of ether oxygens (including phenoxy) is 2. The summed E-state index contributed by atoms with van der Waals surface area (Å²) < 4.78 is 11.1. The fourth-order valence-corrected chi connectivity index (χ4v) is 7.54. The summed E-state index contributed by atoms with van der Waals surface area (Å²) in [7, 11) is 2.88. The first-order valence-electron chi connectivity index (χ1n) is 15.2. The minimum Gasteiger partial charge on any atom is -0.468 e. The lowest BCUT2D eigenvalue weighted by Gasteiger charge is -2.36. The van der Waals surface area contributed by atoms with E-state index in [4.69, 9.17) is 9.47 Å². The molecule has 0 bridgehead atoms. The van der Waals surface area contributed by atoms with Crippen molar-refractivity contribution in [2.24, 2.45) is 11.8 Å². The van der Waals surface area contributed by atoms with Crippen LogP contribution in [0.15, 0.2) is 9.99 Å². The summed E-state index contributed by atoms with van der Waals surface area (Å²) in [6.45, 7) is 9.70. The van der Waals surface area contributed by atoms with Crippen molar-refractivity contribution in [1.82, 2.24) is 30.5 Å². The van der Waals surface area contributed by atoms with Crippen LogP contribution >= 0.6 is 27.3 Å². The monoisotopic (exact) mass is 710 g/mol. The molecule has 4 heterocycles. The van der Waals surface area contributed by atoms with E-state index in [1.54, 1.807) is 32.7 Å². The second-order valence-electron chi connectivity index (χ2n) is 12.9. The third kappa shape index (κ3) is 8.04. The zero-order chi connectivity index (χ0) is 33.2. The zero-order valence-electron chi connectivity index (χ0n) is 26.8. The minimum absolute atomic E-state index is 0.0553. The number of likely N-dealkylation sites (N-methyl/N-ethyl adjacent to an activating group) is 1. The molecule has 2 saturated heterocycles. The molecule has 0 radical (unpaired) electrons. The highest BCUT2D eigenvalue weighted by Gasteiger charge is 2.45. The summed E-state index contributed by atoms with van der Waals surface area (Å²) in [6.07, 6.45) is 4.64. The number of nitrogens with zero attached hydrogens (tertiary/aromatic N) is 4. The largest absolute Gasteiger partial charge is 0.468 e. The van der Waals surface area contributed by atoms with Gasteiger partial charge in [0.15, 0.2) is 3.92 Å². The van der Waals surface area contributed by atoms with Gasteiger partial charge in [-0.25, -0.2) is 15.2 Å². The van der Waals surface area contributed by atoms with Crippen LogP contribution in [0.5, 0.6) is 0 Å². The fourth-order valence-electron chi connectivity index (χ4n) is 6.07. The number of hydrazine groups is 1. The molecule has 15 heteroatoms. The molecule has 0 unspecified atom stereocenters. The van der Waals surface area contributed by atoms with E-state index >= 15 is 0 Å². The molecule has 0 spiro atoms. The second-order valence-corrected chi connectivity index (χ2v) is 15.2. The Morgan fingerprint density at radius 3 is 2.49 bits per heavy atom. The minimum atomic E-state index is -1.05. The summed E-state index contributed by atoms with van der Waals surface area (Å²) in [6, 6.07) is -3.26. The van der Waals surface area contributed by atoms with Crippen molar-refractivity contribution in [2.45, 2.75) is 90.1 Å². The molecular weight excluding hydrogens is 668 g/mol. The topological polar surface area (TPSA) is 150 Å². The van der Waals surface area contributed by atoms with Gasteiger partial charge >= 0.3 is 12.1 Å². The number of carbonyl (C=O) groups is 5. The molecule has 13 nitrogen and oxygen atoms in total. The molecule has 1 aromatic heterocycles. The Morgan fingerprint density at radius 1 is 1.13 bits per heavy atom. The number of aromatic nitrogens is 1. The highest BCUT2D eigenvalue weighted by atomic mass is 79.9. The number of thiazole rings is 1. The summed E-state index contributed by atoms with van der Waals surface area (Å²) in [5.41, 5.74) is 2.79. The van der Waals surface area contributed by atoms with Crippen molar-refractivity contribution >= 4 is 63.1 Å². The molecule has 4 rings (SSSR count). The van der Waals surface area contributed by atoms with Gasteiger partial charge in [-0.3, -0.25) is 24.2 Å². The van der Waals surface area contributed by atoms with Gasteiger partial charge in [-0.15, -0.1) is 11.3 Å². The van der Waals surface area contributed by atoms with Gasteiger partial charge in [0.25, 0.3) is 5.91 Å².